The molecule has 0 aliphatic carbocycles. The molecule has 0 aromatic heterocycles. The van der Waals surface area contributed by atoms with Gasteiger partial charge in [-0.05, 0) is 54.6 Å². The summed E-state index contributed by atoms with van der Waals surface area (Å²) < 4.78 is 67.2. The Morgan fingerprint density at radius 3 is 2.10 bits per heavy atom. The van der Waals surface area contributed by atoms with Gasteiger partial charge in [0.05, 0.1) is 27.4 Å². The summed E-state index contributed by atoms with van der Waals surface area (Å²) in [7, 11) is -4.11. The zero-order valence-corrected chi connectivity index (χ0v) is 17.7. The number of anilines is 2. The fourth-order valence-electron chi connectivity index (χ4n) is 2.64. The molecule has 0 bridgehead atoms. The summed E-state index contributed by atoms with van der Waals surface area (Å²) in [5.74, 6) is -0.979. The number of carbonyl (C=O) groups is 1. The minimum Gasteiger partial charge on any atom is -0.321 e. The molecule has 31 heavy (non-hydrogen) atoms. The van der Waals surface area contributed by atoms with Crippen molar-refractivity contribution in [2.24, 2.45) is 0 Å². The normalized spacial score (nSPS) is 11.8. The molecule has 5 nitrogen and oxygen atoms in total. The topological polar surface area (TPSA) is 75.3 Å². The average molecular weight is 489 g/mol. The molecule has 0 saturated carbocycles. The van der Waals surface area contributed by atoms with E-state index in [2.05, 4.69) is 10.0 Å². The number of halogens is 5. The molecule has 0 saturated heterocycles. The second-order valence-electron chi connectivity index (χ2n) is 6.25. The predicted molar refractivity (Wildman–Crippen MR) is 113 cm³/mol. The fourth-order valence-corrected chi connectivity index (χ4v) is 4.02. The summed E-state index contributed by atoms with van der Waals surface area (Å²) in [6.07, 6.45) is -4.70. The van der Waals surface area contributed by atoms with Crippen molar-refractivity contribution < 1.29 is 26.4 Å². The van der Waals surface area contributed by atoms with Crippen LogP contribution in [0.3, 0.4) is 0 Å². The molecule has 2 N–H and O–H groups in total. The van der Waals surface area contributed by atoms with Crippen molar-refractivity contribution in [3.05, 3.63) is 87.9 Å². The van der Waals surface area contributed by atoms with Crippen LogP contribution in [0.2, 0.25) is 10.0 Å². The van der Waals surface area contributed by atoms with Crippen LogP contribution in [0.5, 0.6) is 0 Å². The summed E-state index contributed by atoms with van der Waals surface area (Å²) in [5, 5.41) is 2.58. The van der Waals surface area contributed by atoms with Crippen LogP contribution in [0.4, 0.5) is 24.5 Å². The Labute approximate surface area is 185 Å². The maximum atomic E-state index is 13.2. The van der Waals surface area contributed by atoms with Crippen LogP contribution in [0.25, 0.3) is 0 Å². The van der Waals surface area contributed by atoms with Gasteiger partial charge in [-0.3, -0.25) is 9.52 Å². The summed E-state index contributed by atoms with van der Waals surface area (Å²) in [5.41, 5.74) is -1.96. The van der Waals surface area contributed by atoms with Gasteiger partial charge in [-0.2, -0.15) is 13.2 Å². The highest BCUT2D eigenvalue weighted by atomic mass is 35.5. The highest BCUT2D eigenvalue weighted by Crippen LogP contribution is 2.35. The molecule has 1 amide bonds. The first-order valence-electron chi connectivity index (χ1n) is 8.53. The Balaban J connectivity index is 1.96. The molecule has 162 valence electrons. The molecule has 0 spiro atoms. The molecule has 3 aromatic carbocycles. The summed E-state index contributed by atoms with van der Waals surface area (Å²) in [6.45, 7) is 0. The largest absolute Gasteiger partial charge is 0.418 e. The third-order valence-electron chi connectivity index (χ3n) is 4.08. The minimum atomic E-state index is -4.70. The van der Waals surface area contributed by atoms with Crippen LogP contribution in [-0.4, -0.2) is 14.3 Å². The Morgan fingerprint density at radius 2 is 1.45 bits per heavy atom. The van der Waals surface area contributed by atoms with Gasteiger partial charge < -0.3 is 5.32 Å². The van der Waals surface area contributed by atoms with Crippen molar-refractivity contribution in [3.8, 4) is 0 Å². The van der Waals surface area contributed by atoms with Crippen LogP contribution in [-0.2, 0) is 16.2 Å². The minimum absolute atomic E-state index is 0.0868. The molecule has 11 heteroatoms. The Morgan fingerprint density at radius 1 is 0.839 bits per heavy atom. The van der Waals surface area contributed by atoms with Crippen LogP contribution in [0, 0.1) is 0 Å². The van der Waals surface area contributed by atoms with E-state index >= 15 is 0 Å². The summed E-state index contributed by atoms with van der Waals surface area (Å²) in [4.78, 5) is 12.6. The first-order chi connectivity index (χ1) is 14.5. The van der Waals surface area contributed by atoms with Crippen molar-refractivity contribution in [1.29, 1.82) is 0 Å². The smallest absolute Gasteiger partial charge is 0.321 e. The summed E-state index contributed by atoms with van der Waals surface area (Å²) in [6, 6.07) is 13.4. The molecule has 0 fully saturated rings. The maximum absolute atomic E-state index is 13.2. The van der Waals surface area contributed by atoms with Gasteiger partial charge in [0, 0.05) is 10.0 Å². The van der Waals surface area contributed by atoms with Gasteiger partial charge >= 0.3 is 6.18 Å². The van der Waals surface area contributed by atoms with Crippen molar-refractivity contribution in [1.82, 2.24) is 0 Å². The summed E-state index contributed by atoms with van der Waals surface area (Å²) >= 11 is 11.7. The molecule has 0 heterocycles. The van der Waals surface area contributed by atoms with Gasteiger partial charge in [-0.25, -0.2) is 8.42 Å². The standard InChI is InChI=1S/C20H13Cl2F3N2O3S/c21-12-5-8-14(9-6-12)31(29,30)27-17-10-7-13(22)11-15(17)19(28)26-18-4-2-1-3-16(18)20(23,24)25/h1-11,27H,(H,26,28). The van der Waals surface area contributed by atoms with Gasteiger partial charge in [0.1, 0.15) is 0 Å². The molecule has 3 aromatic rings. The third kappa shape index (κ3) is 5.49. The quantitative estimate of drug-likeness (QED) is 0.457. The maximum Gasteiger partial charge on any atom is 0.418 e. The van der Waals surface area contributed by atoms with Crippen molar-refractivity contribution in [2.75, 3.05) is 10.0 Å². The number of amides is 1. The highest BCUT2D eigenvalue weighted by Gasteiger charge is 2.33. The SMILES string of the molecule is O=C(Nc1ccccc1C(F)(F)F)c1cc(Cl)ccc1NS(=O)(=O)c1ccc(Cl)cc1. The number of benzene rings is 3. The van der Waals surface area contributed by atoms with Crippen LogP contribution < -0.4 is 10.0 Å². The number of carbonyl (C=O) groups excluding carboxylic acids is 1. The number of para-hydroxylation sites is 1. The van der Waals surface area contributed by atoms with E-state index in [9.17, 15) is 26.4 Å². The average Bonchev–Trinajstić information content (AvgIpc) is 2.69. The molecule has 0 aliphatic rings. The monoisotopic (exact) mass is 488 g/mol. The van der Waals surface area contributed by atoms with Gasteiger partial charge in [-0.1, -0.05) is 35.3 Å². The van der Waals surface area contributed by atoms with E-state index in [1.165, 1.54) is 48.5 Å². The lowest BCUT2D eigenvalue weighted by Crippen LogP contribution is -2.20. The second kappa shape index (κ2) is 8.78. The highest BCUT2D eigenvalue weighted by molar-refractivity contribution is 7.92. The van der Waals surface area contributed by atoms with Crippen LogP contribution in [0.1, 0.15) is 15.9 Å². The van der Waals surface area contributed by atoms with Gasteiger partial charge in [0.25, 0.3) is 15.9 Å². The number of hydrogen-bond donors (Lipinski definition) is 2. The number of sulfonamides is 1. The van der Waals surface area contributed by atoms with Gasteiger partial charge in [0.15, 0.2) is 0 Å². The van der Waals surface area contributed by atoms with Crippen molar-refractivity contribution in [3.63, 3.8) is 0 Å². The molecule has 0 unspecified atom stereocenters. The van der Waals surface area contributed by atoms with E-state index in [0.717, 1.165) is 18.2 Å². The zero-order chi connectivity index (χ0) is 22.8. The lowest BCUT2D eigenvalue weighted by atomic mass is 10.1. The van der Waals surface area contributed by atoms with E-state index in [1.54, 1.807) is 0 Å². The van der Waals surface area contributed by atoms with Crippen molar-refractivity contribution in [2.45, 2.75) is 11.1 Å². The third-order valence-corrected chi connectivity index (χ3v) is 5.94. The lowest BCUT2D eigenvalue weighted by molar-refractivity contribution is -0.136. The number of hydrogen-bond acceptors (Lipinski definition) is 3. The molecule has 0 radical (unpaired) electrons. The van der Waals surface area contributed by atoms with Crippen LogP contribution in [0.15, 0.2) is 71.6 Å². The Kier molecular flexibility index (Phi) is 6.49. The van der Waals surface area contributed by atoms with E-state index < -0.39 is 33.4 Å². The zero-order valence-electron chi connectivity index (χ0n) is 15.4. The number of rotatable bonds is 5. The van der Waals surface area contributed by atoms with Crippen molar-refractivity contribution >= 4 is 50.5 Å². The lowest BCUT2D eigenvalue weighted by Gasteiger charge is -2.16. The van der Waals surface area contributed by atoms with E-state index in [4.69, 9.17) is 23.2 Å². The fraction of sp³-hybridized carbons (Fsp3) is 0.0500. The Hall–Kier alpha value is -2.75. The van der Waals surface area contributed by atoms with Crippen LogP contribution >= 0.6 is 23.2 Å². The van der Waals surface area contributed by atoms with E-state index in [0.29, 0.717) is 5.02 Å². The van der Waals surface area contributed by atoms with Gasteiger partial charge in [-0.15, -0.1) is 0 Å². The molecular weight excluding hydrogens is 476 g/mol. The number of nitrogens with one attached hydrogen (secondary N) is 2. The second-order valence-corrected chi connectivity index (χ2v) is 8.80. The molecular formula is C20H13Cl2F3N2O3S. The first-order valence-corrected chi connectivity index (χ1v) is 10.8. The molecule has 0 atom stereocenters. The van der Waals surface area contributed by atoms with Gasteiger partial charge in [0.2, 0.25) is 0 Å². The molecule has 3 rings (SSSR count). The molecule has 0 aliphatic heterocycles. The number of alkyl halides is 3. The Bertz CT molecular complexity index is 1230. The van der Waals surface area contributed by atoms with E-state index in [-0.39, 0.29) is 21.2 Å². The predicted octanol–water partition coefficient (Wildman–Crippen LogP) is 6.07. The van der Waals surface area contributed by atoms with E-state index in [1.807, 2.05) is 0 Å². The first kappa shape index (κ1) is 22.9.